The summed E-state index contributed by atoms with van der Waals surface area (Å²) in [6.45, 7) is 1.66. The van der Waals surface area contributed by atoms with Crippen molar-refractivity contribution in [2.75, 3.05) is 11.5 Å². The Hall–Kier alpha value is -1.85. The first-order valence-corrected chi connectivity index (χ1v) is 8.66. The first-order chi connectivity index (χ1) is 11.5. The molecule has 1 aliphatic rings. The lowest BCUT2D eigenvalue weighted by Crippen LogP contribution is -2.38. The van der Waals surface area contributed by atoms with E-state index in [9.17, 15) is 9.59 Å². The minimum Gasteiger partial charge on any atom is -0.452 e. The van der Waals surface area contributed by atoms with E-state index in [1.807, 2.05) is 31.2 Å². The summed E-state index contributed by atoms with van der Waals surface area (Å²) in [6.07, 6.45) is 0.799. The Balaban J connectivity index is 1.70. The molecule has 1 amide bonds. The largest absolute Gasteiger partial charge is 0.452 e. The molecule has 0 aliphatic carbocycles. The lowest BCUT2D eigenvalue weighted by atomic mass is 10.1. The number of fused-ring (bicyclic) bond motifs is 1. The number of rotatable bonds is 3. The van der Waals surface area contributed by atoms with Gasteiger partial charge in [-0.3, -0.25) is 4.79 Å². The molecule has 0 radical (unpaired) electrons. The third-order valence-corrected chi connectivity index (χ3v) is 4.77. The van der Waals surface area contributed by atoms with E-state index in [4.69, 9.17) is 16.3 Å². The number of hydrogen-bond donors (Lipinski definition) is 0. The maximum atomic E-state index is 12.5. The van der Waals surface area contributed by atoms with E-state index in [-0.39, 0.29) is 29.1 Å². The van der Waals surface area contributed by atoms with Gasteiger partial charge in [-0.15, -0.1) is 0 Å². The highest BCUT2D eigenvalue weighted by molar-refractivity contribution is 9.10. The highest BCUT2D eigenvalue weighted by atomic mass is 79.9. The number of para-hydroxylation sites is 1. The monoisotopic (exact) mass is 407 g/mol. The molecule has 0 spiro atoms. The Bertz CT molecular complexity index is 809. The Morgan fingerprint density at radius 3 is 2.83 bits per heavy atom. The SMILES string of the molecule is CC1Cc2ccccc2N1C(=O)COC(=O)c1cc(Br)ccc1Cl. The number of anilines is 1. The molecule has 3 rings (SSSR count). The Morgan fingerprint density at radius 2 is 2.04 bits per heavy atom. The van der Waals surface area contributed by atoms with Crippen LogP contribution in [-0.4, -0.2) is 24.5 Å². The van der Waals surface area contributed by atoms with Crippen molar-refractivity contribution < 1.29 is 14.3 Å². The lowest BCUT2D eigenvalue weighted by Gasteiger charge is -2.22. The zero-order valence-electron chi connectivity index (χ0n) is 13.0. The minimum atomic E-state index is -0.616. The fraction of sp³-hybridized carbons (Fsp3) is 0.222. The fourth-order valence-corrected chi connectivity index (χ4v) is 3.43. The highest BCUT2D eigenvalue weighted by Gasteiger charge is 2.31. The maximum absolute atomic E-state index is 12.5. The molecule has 124 valence electrons. The number of carbonyl (C=O) groups is 2. The lowest BCUT2D eigenvalue weighted by molar-refractivity contribution is -0.122. The zero-order valence-corrected chi connectivity index (χ0v) is 15.3. The van der Waals surface area contributed by atoms with Gasteiger partial charge in [0.15, 0.2) is 6.61 Å². The summed E-state index contributed by atoms with van der Waals surface area (Å²) in [5.41, 5.74) is 2.24. The molecule has 0 saturated heterocycles. The van der Waals surface area contributed by atoms with E-state index in [1.54, 1.807) is 23.1 Å². The summed E-state index contributed by atoms with van der Waals surface area (Å²) in [7, 11) is 0. The second-order valence-corrected chi connectivity index (χ2v) is 6.97. The van der Waals surface area contributed by atoms with E-state index in [2.05, 4.69) is 15.9 Å². The van der Waals surface area contributed by atoms with Crippen LogP contribution in [0.25, 0.3) is 0 Å². The van der Waals surface area contributed by atoms with Crippen molar-refractivity contribution in [2.24, 2.45) is 0 Å². The fourth-order valence-electron chi connectivity index (χ4n) is 2.87. The van der Waals surface area contributed by atoms with Crippen molar-refractivity contribution in [3.63, 3.8) is 0 Å². The molecule has 0 fully saturated rings. The number of halogens is 2. The summed E-state index contributed by atoms with van der Waals surface area (Å²) in [5.74, 6) is -0.860. The number of amides is 1. The molecule has 1 aliphatic heterocycles. The maximum Gasteiger partial charge on any atom is 0.340 e. The van der Waals surface area contributed by atoms with Crippen LogP contribution in [0, 0.1) is 0 Å². The number of hydrogen-bond acceptors (Lipinski definition) is 3. The van der Waals surface area contributed by atoms with Crippen molar-refractivity contribution >= 4 is 45.1 Å². The quantitative estimate of drug-likeness (QED) is 0.714. The van der Waals surface area contributed by atoms with Crippen LogP contribution in [0.1, 0.15) is 22.8 Å². The summed E-state index contributed by atoms with van der Waals surface area (Å²) < 4.78 is 5.88. The molecular formula is C18H15BrClNO3. The summed E-state index contributed by atoms with van der Waals surface area (Å²) in [5, 5.41) is 0.288. The van der Waals surface area contributed by atoms with Gasteiger partial charge in [0, 0.05) is 16.2 Å². The Kier molecular flexibility index (Phi) is 4.92. The van der Waals surface area contributed by atoms with Gasteiger partial charge in [-0.1, -0.05) is 45.7 Å². The van der Waals surface area contributed by atoms with E-state index >= 15 is 0 Å². The highest BCUT2D eigenvalue weighted by Crippen LogP contribution is 2.31. The number of benzene rings is 2. The van der Waals surface area contributed by atoms with Gasteiger partial charge in [0.25, 0.3) is 5.91 Å². The molecule has 24 heavy (non-hydrogen) atoms. The number of nitrogens with zero attached hydrogens (tertiary/aromatic N) is 1. The molecule has 2 aromatic carbocycles. The van der Waals surface area contributed by atoms with Crippen molar-refractivity contribution in [2.45, 2.75) is 19.4 Å². The van der Waals surface area contributed by atoms with Gasteiger partial charge >= 0.3 is 5.97 Å². The standard InChI is InChI=1S/C18H15BrClNO3/c1-11-8-12-4-2-3-5-16(12)21(11)17(22)10-24-18(23)14-9-13(19)6-7-15(14)20/h2-7,9,11H,8,10H2,1H3. The molecule has 0 bridgehead atoms. The van der Waals surface area contributed by atoms with Crippen LogP contribution in [0.4, 0.5) is 5.69 Å². The van der Waals surface area contributed by atoms with Crippen molar-refractivity contribution in [3.8, 4) is 0 Å². The van der Waals surface area contributed by atoms with E-state index in [0.29, 0.717) is 4.47 Å². The first-order valence-electron chi connectivity index (χ1n) is 7.49. The van der Waals surface area contributed by atoms with Gasteiger partial charge in [-0.2, -0.15) is 0 Å². The predicted octanol–water partition coefficient (Wildman–Crippen LogP) is 4.24. The minimum absolute atomic E-state index is 0.0445. The molecule has 0 aromatic heterocycles. The smallest absolute Gasteiger partial charge is 0.340 e. The number of esters is 1. The second kappa shape index (κ2) is 6.95. The molecule has 2 aromatic rings. The van der Waals surface area contributed by atoms with Gasteiger partial charge in [-0.25, -0.2) is 4.79 Å². The average Bonchev–Trinajstić information content (AvgIpc) is 2.90. The summed E-state index contributed by atoms with van der Waals surface area (Å²) in [4.78, 5) is 26.4. The third-order valence-electron chi connectivity index (χ3n) is 3.95. The van der Waals surface area contributed by atoms with Crippen LogP contribution < -0.4 is 4.90 Å². The van der Waals surface area contributed by atoms with Gasteiger partial charge < -0.3 is 9.64 Å². The van der Waals surface area contributed by atoms with Crippen molar-refractivity contribution in [1.82, 2.24) is 0 Å². The van der Waals surface area contributed by atoms with Gasteiger partial charge in [0.2, 0.25) is 0 Å². The van der Waals surface area contributed by atoms with Crippen molar-refractivity contribution in [3.05, 3.63) is 63.1 Å². The summed E-state index contributed by atoms with van der Waals surface area (Å²) in [6, 6.07) is 12.7. The summed E-state index contributed by atoms with van der Waals surface area (Å²) >= 11 is 9.29. The van der Waals surface area contributed by atoms with E-state index in [0.717, 1.165) is 17.7 Å². The normalized spacial score (nSPS) is 16.0. The predicted molar refractivity (Wildman–Crippen MR) is 96.5 cm³/mol. The molecule has 4 nitrogen and oxygen atoms in total. The van der Waals surface area contributed by atoms with Crippen LogP contribution in [0.3, 0.4) is 0 Å². The number of ether oxygens (including phenoxy) is 1. The van der Waals surface area contributed by atoms with Gasteiger partial charge in [-0.05, 0) is 43.2 Å². The van der Waals surface area contributed by atoms with Crippen LogP contribution in [0.5, 0.6) is 0 Å². The molecule has 1 heterocycles. The van der Waals surface area contributed by atoms with E-state index < -0.39 is 5.97 Å². The Morgan fingerprint density at radius 1 is 1.29 bits per heavy atom. The molecule has 1 atom stereocenters. The molecule has 1 unspecified atom stereocenters. The third kappa shape index (κ3) is 3.32. The Labute approximate surface area is 153 Å². The van der Waals surface area contributed by atoms with Crippen molar-refractivity contribution in [1.29, 1.82) is 0 Å². The number of carbonyl (C=O) groups excluding carboxylic acids is 2. The molecule has 0 N–H and O–H groups in total. The zero-order chi connectivity index (χ0) is 17.3. The van der Waals surface area contributed by atoms with Crippen LogP contribution >= 0.6 is 27.5 Å². The van der Waals surface area contributed by atoms with Gasteiger partial charge in [0.1, 0.15) is 0 Å². The van der Waals surface area contributed by atoms with Crippen LogP contribution in [0.2, 0.25) is 5.02 Å². The first kappa shape index (κ1) is 17.0. The van der Waals surface area contributed by atoms with Gasteiger partial charge in [0.05, 0.1) is 10.6 Å². The molecule has 6 heteroatoms. The second-order valence-electron chi connectivity index (χ2n) is 5.65. The molecular weight excluding hydrogens is 394 g/mol. The molecule has 0 saturated carbocycles. The van der Waals surface area contributed by atoms with Crippen LogP contribution in [-0.2, 0) is 16.0 Å². The van der Waals surface area contributed by atoms with E-state index in [1.165, 1.54) is 0 Å². The van der Waals surface area contributed by atoms with Crippen LogP contribution in [0.15, 0.2) is 46.9 Å². The topological polar surface area (TPSA) is 46.6 Å². The average molecular weight is 409 g/mol.